The number of hydrogen-bond acceptors (Lipinski definition) is 3. The Morgan fingerprint density at radius 1 is 0.776 bits per heavy atom. The number of hydrogen-bond donors (Lipinski definition) is 2. The number of carbonyl (C=O) groups excluding carboxylic acids is 1. The molecule has 0 fully saturated rings. The molecular formula is C44H55N4O+. The molecule has 256 valence electrons. The van der Waals surface area contributed by atoms with Crippen molar-refractivity contribution in [2.24, 2.45) is 5.73 Å². The van der Waals surface area contributed by atoms with E-state index in [4.69, 9.17) is 5.73 Å². The topological polar surface area (TPSA) is 61.4 Å². The summed E-state index contributed by atoms with van der Waals surface area (Å²) >= 11 is 0. The van der Waals surface area contributed by atoms with Gasteiger partial charge >= 0.3 is 0 Å². The van der Waals surface area contributed by atoms with Gasteiger partial charge in [-0.15, -0.1) is 0 Å². The monoisotopic (exact) mass is 655 g/mol. The first kappa shape index (κ1) is 34.6. The Kier molecular flexibility index (Phi) is 10.4. The van der Waals surface area contributed by atoms with Crippen molar-refractivity contribution in [3.63, 3.8) is 0 Å². The summed E-state index contributed by atoms with van der Waals surface area (Å²) in [4.78, 5) is 15.0. The molecule has 2 heterocycles. The van der Waals surface area contributed by atoms with E-state index in [1.54, 1.807) is 0 Å². The summed E-state index contributed by atoms with van der Waals surface area (Å²) in [5, 5.41) is 8.34. The third-order valence-corrected chi connectivity index (χ3v) is 10.9. The van der Waals surface area contributed by atoms with Crippen molar-refractivity contribution < 1.29 is 9.37 Å². The molecule has 4 aromatic rings. The van der Waals surface area contributed by atoms with E-state index in [1.807, 2.05) is 0 Å². The second-order valence-corrected chi connectivity index (χ2v) is 15.0. The van der Waals surface area contributed by atoms with E-state index in [-0.39, 0.29) is 16.7 Å². The first-order valence-corrected chi connectivity index (χ1v) is 18.4. The smallest absolute Gasteiger partial charge is 0.219 e. The van der Waals surface area contributed by atoms with Crippen LogP contribution in [-0.4, -0.2) is 42.9 Å². The largest absolute Gasteiger partial charge is 0.356 e. The maximum atomic E-state index is 12.4. The molecule has 6 rings (SSSR count). The third-order valence-electron chi connectivity index (χ3n) is 10.9. The average Bonchev–Trinajstić information content (AvgIpc) is 3.44. The van der Waals surface area contributed by atoms with Gasteiger partial charge in [0.05, 0.1) is 5.41 Å². The maximum Gasteiger partial charge on any atom is 0.219 e. The zero-order valence-corrected chi connectivity index (χ0v) is 30.3. The minimum Gasteiger partial charge on any atom is -0.356 e. The molecule has 0 aromatic heterocycles. The molecule has 3 N–H and O–H groups in total. The number of carbonyl (C=O) groups is 1. The average molecular weight is 656 g/mol. The number of unbranched alkanes of at least 4 members (excludes halogenated alkanes) is 5. The number of nitrogens with zero attached hydrogens (tertiary/aromatic N) is 2. The zero-order valence-electron chi connectivity index (χ0n) is 30.3. The fourth-order valence-electron chi connectivity index (χ4n) is 8.37. The number of benzene rings is 4. The molecule has 0 saturated carbocycles. The van der Waals surface area contributed by atoms with Crippen molar-refractivity contribution in [3.05, 3.63) is 108 Å². The Hall–Kier alpha value is -4.22. The second kappa shape index (κ2) is 14.7. The molecule has 4 aromatic carbocycles. The van der Waals surface area contributed by atoms with Gasteiger partial charge < -0.3 is 16.0 Å². The van der Waals surface area contributed by atoms with Crippen LogP contribution in [0.2, 0.25) is 0 Å². The molecule has 0 atom stereocenters. The molecule has 0 bridgehead atoms. The lowest BCUT2D eigenvalue weighted by molar-refractivity contribution is -0.401. The molecule has 5 nitrogen and oxygen atoms in total. The van der Waals surface area contributed by atoms with Gasteiger partial charge in [-0.25, -0.2) is 0 Å². The minimum absolute atomic E-state index is 0.124. The molecular weight excluding hydrogens is 601 g/mol. The Balaban J connectivity index is 1.20. The van der Waals surface area contributed by atoms with E-state index >= 15 is 0 Å². The molecule has 0 unspecified atom stereocenters. The lowest BCUT2D eigenvalue weighted by Gasteiger charge is -2.27. The predicted octanol–water partition coefficient (Wildman–Crippen LogP) is 9.43. The van der Waals surface area contributed by atoms with E-state index in [0.29, 0.717) is 6.42 Å². The number of nitrogens with one attached hydrogen (secondary N) is 1. The standard InChI is InChI=1S/C44H54N4O/c1-43(2)38(47(5)36-27-25-32-18-10-12-20-34(32)41(36)43)22-17-23-39-44(3,4)42-35-21-13-11-19-33(35)26-28-37(42)48(39)31-16-8-9-24-40(49)46-30-15-7-6-14-29-45/h10-13,17-23,25-28H,6-9,14-16,24,29-31,45H2,1-5H3/p+1. The molecule has 0 radical (unpaired) electrons. The molecule has 5 heteroatoms. The van der Waals surface area contributed by atoms with Crippen LogP contribution >= 0.6 is 0 Å². The fourth-order valence-corrected chi connectivity index (χ4v) is 8.37. The normalized spacial score (nSPS) is 17.1. The van der Waals surface area contributed by atoms with Gasteiger partial charge in [0.2, 0.25) is 11.6 Å². The number of fused-ring (bicyclic) bond motifs is 6. The van der Waals surface area contributed by atoms with Crippen molar-refractivity contribution in [1.29, 1.82) is 0 Å². The van der Waals surface area contributed by atoms with Gasteiger partial charge in [0.1, 0.15) is 7.05 Å². The molecule has 49 heavy (non-hydrogen) atoms. The highest BCUT2D eigenvalue weighted by molar-refractivity contribution is 6.07. The summed E-state index contributed by atoms with van der Waals surface area (Å²) in [6.07, 6.45) is 14.9. The van der Waals surface area contributed by atoms with E-state index in [2.05, 4.69) is 141 Å². The van der Waals surface area contributed by atoms with Crippen LogP contribution in [-0.2, 0) is 15.6 Å². The third kappa shape index (κ3) is 6.83. The minimum atomic E-state index is -0.161. The maximum absolute atomic E-state index is 12.4. The summed E-state index contributed by atoms with van der Waals surface area (Å²) in [6, 6.07) is 26.6. The van der Waals surface area contributed by atoms with E-state index < -0.39 is 0 Å². The molecule has 0 saturated heterocycles. The van der Waals surface area contributed by atoms with Gasteiger partial charge in [-0.05, 0) is 91.4 Å². The van der Waals surface area contributed by atoms with Crippen LogP contribution in [0.3, 0.4) is 0 Å². The summed E-state index contributed by atoms with van der Waals surface area (Å²) in [5.74, 6) is 0.177. The number of anilines is 1. The van der Waals surface area contributed by atoms with Gasteiger partial charge in [-0.1, -0.05) is 93.8 Å². The molecule has 2 aliphatic rings. The van der Waals surface area contributed by atoms with Gasteiger partial charge in [0.25, 0.3) is 0 Å². The number of amides is 1. The van der Waals surface area contributed by atoms with Crippen molar-refractivity contribution in [2.45, 2.75) is 89.9 Å². The van der Waals surface area contributed by atoms with Gasteiger partial charge in [0, 0.05) is 54.0 Å². The van der Waals surface area contributed by atoms with Crippen molar-refractivity contribution in [2.75, 3.05) is 31.6 Å². The van der Waals surface area contributed by atoms with Crippen molar-refractivity contribution in [3.8, 4) is 0 Å². The number of allylic oxidation sites excluding steroid dienone is 4. The van der Waals surface area contributed by atoms with Crippen LogP contribution in [0, 0.1) is 0 Å². The van der Waals surface area contributed by atoms with Crippen LogP contribution < -0.4 is 16.0 Å². The molecule has 0 aliphatic carbocycles. The molecule has 0 spiro atoms. The summed E-state index contributed by atoms with van der Waals surface area (Å²) in [5.41, 5.74) is 13.3. The van der Waals surface area contributed by atoms with Crippen LogP contribution in [0.15, 0.2) is 96.7 Å². The quantitative estimate of drug-likeness (QED) is 0.105. The van der Waals surface area contributed by atoms with Crippen molar-refractivity contribution in [1.82, 2.24) is 5.32 Å². The van der Waals surface area contributed by atoms with E-state index in [9.17, 15) is 4.79 Å². The van der Waals surface area contributed by atoms with Gasteiger partial charge in [0.15, 0.2) is 5.71 Å². The highest BCUT2D eigenvalue weighted by atomic mass is 16.1. The second-order valence-electron chi connectivity index (χ2n) is 15.0. The highest BCUT2D eigenvalue weighted by Crippen LogP contribution is 2.51. The summed E-state index contributed by atoms with van der Waals surface area (Å²) < 4.78 is 2.37. The predicted molar refractivity (Wildman–Crippen MR) is 208 cm³/mol. The van der Waals surface area contributed by atoms with E-state index in [0.717, 1.165) is 64.6 Å². The lowest BCUT2D eigenvalue weighted by Crippen LogP contribution is -2.28. The summed E-state index contributed by atoms with van der Waals surface area (Å²) in [6.45, 7) is 11.9. The van der Waals surface area contributed by atoms with Crippen LogP contribution in [0.1, 0.15) is 90.2 Å². The van der Waals surface area contributed by atoms with Crippen LogP contribution in [0.5, 0.6) is 0 Å². The first-order valence-electron chi connectivity index (χ1n) is 18.4. The Labute approximate surface area is 293 Å². The highest BCUT2D eigenvalue weighted by Gasteiger charge is 2.44. The van der Waals surface area contributed by atoms with Gasteiger partial charge in [-0.2, -0.15) is 4.58 Å². The molecule has 2 aliphatic heterocycles. The lowest BCUT2D eigenvalue weighted by atomic mass is 9.79. The van der Waals surface area contributed by atoms with Crippen LogP contribution in [0.25, 0.3) is 21.5 Å². The fraction of sp³-hybridized carbons (Fsp3) is 0.409. The first-order chi connectivity index (χ1) is 23.7. The number of nitrogens with two attached hydrogens (primary N) is 1. The SMILES string of the molecule is C[N+]1=C(C=CC=C2N(CCCCCC(=O)NCCCCCCN)c3ccc4ccccc4c3C2(C)C)C(C)(C)c2c1ccc1ccccc21. The Bertz CT molecular complexity index is 1930. The van der Waals surface area contributed by atoms with Crippen LogP contribution in [0.4, 0.5) is 11.4 Å². The van der Waals surface area contributed by atoms with Gasteiger partial charge in [-0.3, -0.25) is 4.79 Å². The summed E-state index contributed by atoms with van der Waals surface area (Å²) in [7, 11) is 2.20. The van der Waals surface area contributed by atoms with E-state index in [1.165, 1.54) is 55.5 Å². The Morgan fingerprint density at radius 2 is 1.43 bits per heavy atom. The Morgan fingerprint density at radius 3 is 2.16 bits per heavy atom. The molecule has 1 amide bonds. The van der Waals surface area contributed by atoms with Crippen molar-refractivity contribution >= 4 is 44.5 Å². The zero-order chi connectivity index (χ0) is 34.6. The number of rotatable bonds is 14.